The molecule has 2 fully saturated rings. The molecule has 4 rings (SSSR count). The van der Waals surface area contributed by atoms with Gasteiger partial charge < -0.3 is 20.7 Å². The highest BCUT2D eigenvalue weighted by Gasteiger charge is 2.33. The first kappa shape index (κ1) is 22.3. The number of amides is 1. The molecule has 1 aromatic carbocycles. The number of ether oxygens (including phenoxy) is 1. The Morgan fingerprint density at radius 2 is 1.94 bits per heavy atom. The van der Waals surface area contributed by atoms with Crippen LogP contribution in [-0.2, 0) is 9.53 Å². The van der Waals surface area contributed by atoms with Crippen LogP contribution in [-0.4, -0.2) is 49.9 Å². The molecule has 2 saturated heterocycles. The van der Waals surface area contributed by atoms with Crippen LogP contribution in [0.3, 0.4) is 0 Å². The summed E-state index contributed by atoms with van der Waals surface area (Å²) in [5.41, 5.74) is 2.31. The van der Waals surface area contributed by atoms with E-state index in [1.54, 1.807) is 6.07 Å². The minimum absolute atomic E-state index is 0.181. The van der Waals surface area contributed by atoms with Gasteiger partial charge in [0.05, 0.1) is 10.9 Å². The van der Waals surface area contributed by atoms with Gasteiger partial charge in [-0.05, 0) is 43.0 Å². The summed E-state index contributed by atoms with van der Waals surface area (Å²) in [6, 6.07) is 7.35. The Hall–Kier alpha value is -1.93. The van der Waals surface area contributed by atoms with E-state index in [4.69, 9.17) is 27.9 Å². The maximum Gasteiger partial charge on any atom is 0.232 e. The lowest BCUT2D eigenvalue weighted by molar-refractivity contribution is -0.120. The SMILES string of the molecule is O=C(Nc1cc(-c2cc(NCC3CCOCC3)ccc2Cl)c(Cl)cn1)C1CNCC1F. The number of hydrogen-bond donors (Lipinski definition) is 3. The Morgan fingerprint density at radius 3 is 2.68 bits per heavy atom. The summed E-state index contributed by atoms with van der Waals surface area (Å²) in [5.74, 6) is -0.262. The molecule has 31 heavy (non-hydrogen) atoms. The molecule has 166 valence electrons. The van der Waals surface area contributed by atoms with Crippen LogP contribution >= 0.6 is 23.2 Å². The highest BCUT2D eigenvalue weighted by molar-refractivity contribution is 6.36. The Labute approximate surface area is 190 Å². The fourth-order valence-electron chi connectivity index (χ4n) is 3.89. The number of aromatic nitrogens is 1. The van der Waals surface area contributed by atoms with Crippen LogP contribution in [0.25, 0.3) is 11.1 Å². The number of hydrogen-bond acceptors (Lipinski definition) is 5. The summed E-state index contributed by atoms with van der Waals surface area (Å²) in [6.07, 6.45) is 2.34. The highest BCUT2D eigenvalue weighted by atomic mass is 35.5. The van der Waals surface area contributed by atoms with Crippen molar-refractivity contribution in [1.82, 2.24) is 10.3 Å². The number of halogens is 3. The zero-order chi connectivity index (χ0) is 21.8. The Bertz CT molecular complexity index is 940. The van der Waals surface area contributed by atoms with Gasteiger partial charge in [-0.3, -0.25) is 4.79 Å². The minimum atomic E-state index is -1.21. The predicted octanol–water partition coefficient (Wildman–Crippen LogP) is 4.39. The molecule has 0 aliphatic carbocycles. The number of rotatable bonds is 6. The summed E-state index contributed by atoms with van der Waals surface area (Å²) < 4.78 is 19.3. The molecule has 2 aliphatic heterocycles. The van der Waals surface area contributed by atoms with E-state index in [2.05, 4.69) is 20.9 Å². The summed E-state index contributed by atoms with van der Waals surface area (Å²) in [5, 5.41) is 9.98. The predicted molar refractivity (Wildman–Crippen MR) is 122 cm³/mol. The van der Waals surface area contributed by atoms with Crippen LogP contribution < -0.4 is 16.0 Å². The van der Waals surface area contributed by atoms with Gasteiger partial charge >= 0.3 is 0 Å². The molecule has 3 N–H and O–H groups in total. The smallest absolute Gasteiger partial charge is 0.232 e. The molecule has 0 radical (unpaired) electrons. The third kappa shape index (κ3) is 5.47. The number of anilines is 2. The first-order valence-corrected chi connectivity index (χ1v) is 11.2. The molecule has 0 spiro atoms. The maximum absolute atomic E-state index is 13.9. The van der Waals surface area contributed by atoms with E-state index in [0.717, 1.165) is 43.9 Å². The second kappa shape index (κ2) is 10.1. The quantitative estimate of drug-likeness (QED) is 0.588. The molecule has 1 aromatic heterocycles. The van der Waals surface area contributed by atoms with Crippen LogP contribution in [0.2, 0.25) is 10.0 Å². The number of nitrogens with one attached hydrogen (secondary N) is 3. The van der Waals surface area contributed by atoms with Crippen molar-refractivity contribution in [1.29, 1.82) is 0 Å². The monoisotopic (exact) mass is 466 g/mol. The van der Waals surface area contributed by atoms with Crippen LogP contribution in [0.15, 0.2) is 30.5 Å². The number of pyridine rings is 1. The van der Waals surface area contributed by atoms with Gasteiger partial charge in [-0.2, -0.15) is 0 Å². The number of alkyl halides is 1. The Balaban J connectivity index is 1.51. The van der Waals surface area contributed by atoms with Gasteiger partial charge in [0.1, 0.15) is 12.0 Å². The van der Waals surface area contributed by atoms with Gasteiger partial charge in [-0.15, -0.1) is 0 Å². The number of carbonyl (C=O) groups is 1. The Kier molecular flexibility index (Phi) is 7.27. The largest absolute Gasteiger partial charge is 0.385 e. The fourth-order valence-corrected chi connectivity index (χ4v) is 4.32. The van der Waals surface area contributed by atoms with Crippen molar-refractivity contribution >= 4 is 40.6 Å². The van der Waals surface area contributed by atoms with Crippen molar-refractivity contribution in [3.8, 4) is 11.1 Å². The molecule has 0 saturated carbocycles. The topological polar surface area (TPSA) is 75.3 Å². The van der Waals surface area contributed by atoms with Gasteiger partial charge in [0.2, 0.25) is 5.91 Å². The van der Waals surface area contributed by atoms with Gasteiger partial charge in [-0.25, -0.2) is 9.37 Å². The molecule has 3 heterocycles. The maximum atomic E-state index is 13.9. The Morgan fingerprint density at radius 1 is 1.16 bits per heavy atom. The van der Waals surface area contributed by atoms with Crippen molar-refractivity contribution in [2.24, 2.45) is 11.8 Å². The van der Waals surface area contributed by atoms with E-state index >= 15 is 0 Å². The van der Waals surface area contributed by atoms with Gasteiger partial charge in [0, 0.05) is 60.9 Å². The zero-order valence-corrected chi connectivity index (χ0v) is 18.5. The molecule has 2 aromatic rings. The van der Waals surface area contributed by atoms with E-state index in [0.29, 0.717) is 33.9 Å². The molecular formula is C22H25Cl2FN4O2. The van der Waals surface area contributed by atoms with Crippen molar-refractivity contribution in [3.63, 3.8) is 0 Å². The van der Waals surface area contributed by atoms with E-state index in [9.17, 15) is 9.18 Å². The van der Waals surface area contributed by atoms with Crippen molar-refractivity contribution in [2.45, 2.75) is 19.0 Å². The average molecular weight is 467 g/mol. The van der Waals surface area contributed by atoms with E-state index in [-0.39, 0.29) is 6.54 Å². The summed E-state index contributed by atoms with van der Waals surface area (Å²) in [4.78, 5) is 16.6. The fraction of sp³-hybridized carbons (Fsp3) is 0.455. The molecule has 2 aliphatic rings. The molecule has 6 nitrogen and oxygen atoms in total. The average Bonchev–Trinajstić information content (AvgIpc) is 3.21. The molecule has 0 bridgehead atoms. The second-order valence-corrected chi connectivity index (χ2v) is 8.77. The van der Waals surface area contributed by atoms with E-state index < -0.39 is 18.0 Å². The lowest BCUT2D eigenvalue weighted by atomic mass is 10.00. The standard InChI is InChI=1S/C22H25Cl2FN4O2/c23-18-2-1-14(27-9-13-3-5-31-6-4-13)7-15(18)16-8-21(28-11-19(16)24)29-22(30)17-10-26-12-20(17)25/h1-2,7-8,11,13,17,20,26-27H,3-6,9-10,12H2,(H,28,29,30). The number of nitrogens with zero attached hydrogens (tertiary/aromatic N) is 1. The van der Waals surface area contributed by atoms with Crippen molar-refractivity contribution in [3.05, 3.63) is 40.5 Å². The summed E-state index contributed by atoms with van der Waals surface area (Å²) >= 11 is 12.9. The third-order valence-electron chi connectivity index (χ3n) is 5.78. The van der Waals surface area contributed by atoms with Gasteiger partial charge in [0.25, 0.3) is 0 Å². The van der Waals surface area contributed by atoms with E-state index in [1.807, 2.05) is 18.2 Å². The van der Waals surface area contributed by atoms with Gasteiger partial charge in [-0.1, -0.05) is 23.2 Å². The zero-order valence-electron chi connectivity index (χ0n) is 17.0. The lowest BCUT2D eigenvalue weighted by Gasteiger charge is -2.23. The van der Waals surface area contributed by atoms with E-state index in [1.165, 1.54) is 6.20 Å². The molecule has 9 heteroatoms. The summed E-state index contributed by atoms with van der Waals surface area (Å²) in [6.45, 7) is 2.95. The minimum Gasteiger partial charge on any atom is -0.385 e. The van der Waals surface area contributed by atoms with Crippen molar-refractivity contribution in [2.75, 3.05) is 43.5 Å². The first-order chi connectivity index (χ1) is 15.0. The van der Waals surface area contributed by atoms with Crippen LogP contribution in [0, 0.1) is 11.8 Å². The van der Waals surface area contributed by atoms with Crippen molar-refractivity contribution < 1.29 is 13.9 Å². The van der Waals surface area contributed by atoms with Gasteiger partial charge in [0.15, 0.2) is 0 Å². The third-order valence-corrected chi connectivity index (χ3v) is 6.41. The number of carbonyl (C=O) groups excluding carboxylic acids is 1. The number of benzene rings is 1. The molecular weight excluding hydrogens is 442 g/mol. The first-order valence-electron chi connectivity index (χ1n) is 10.4. The van der Waals surface area contributed by atoms with Crippen LogP contribution in [0.1, 0.15) is 12.8 Å². The molecule has 2 unspecified atom stereocenters. The van der Waals surface area contributed by atoms with Crippen LogP contribution in [0.4, 0.5) is 15.9 Å². The normalized spacial score (nSPS) is 21.8. The second-order valence-electron chi connectivity index (χ2n) is 7.95. The molecule has 2 atom stereocenters. The lowest BCUT2D eigenvalue weighted by Crippen LogP contribution is -2.30. The highest BCUT2D eigenvalue weighted by Crippen LogP contribution is 2.36. The van der Waals surface area contributed by atoms with Crippen LogP contribution in [0.5, 0.6) is 0 Å². The molecule has 1 amide bonds. The summed E-state index contributed by atoms with van der Waals surface area (Å²) in [7, 11) is 0.